The zero-order chi connectivity index (χ0) is 15.2. The first-order valence-electron chi connectivity index (χ1n) is 6.07. The van der Waals surface area contributed by atoms with Gasteiger partial charge in [-0.2, -0.15) is 0 Å². The van der Waals surface area contributed by atoms with Crippen molar-refractivity contribution in [2.24, 2.45) is 0 Å². The molecule has 0 saturated carbocycles. The lowest BCUT2D eigenvalue weighted by atomic mass is 10.2. The first kappa shape index (κ1) is 15.2. The van der Waals surface area contributed by atoms with E-state index in [1.807, 2.05) is 0 Å². The number of methoxy groups -OCH3 is 3. The van der Waals surface area contributed by atoms with E-state index >= 15 is 0 Å². The Morgan fingerprint density at radius 3 is 2.10 bits per heavy atom. The topological polar surface area (TPSA) is 62.7 Å². The fraction of sp³-hybridized carbons (Fsp3) is 0.286. The third kappa shape index (κ3) is 3.66. The van der Waals surface area contributed by atoms with Crippen LogP contribution in [0.2, 0.25) is 5.15 Å². The molecule has 1 heterocycles. The molecule has 0 radical (unpaired) electrons. The van der Waals surface area contributed by atoms with Crippen molar-refractivity contribution in [1.29, 1.82) is 0 Å². The monoisotopic (exact) mass is 310 g/mol. The molecule has 1 aromatic heterocycles. The SMILES string of the molecule is COc1cc(OCc2cnc(Cl)cn2)cc(OC)c1OC. The van der Waals surface area contributed by atoms with E-state index < -0.39 is 0 Å². The summed E-state index contributed by atoms with van der Waals surface area (Å²) in [6.45, 7) is 0.253. The van der Waals surface area contributed by atoms with Crippen LogP contribution >= 0.6 is 11.6 Å². The van der Waals surface area contributed by atoms with Gasteiger partial charge >= 0.3 is 0 Å². The maximum absolute atomic E-state index is 5.68. The maximum atomic E-state index is 5.68. The normalized spacial score (nSPS) is 10.1. The molecule has 2 aromatic rings. The van der Waals surface area contributed by atoms with Crippen molar-refractivity contribution in [2.45, 2.75) is 6.61 Å². The average Bonchev–Trinajstić information content (AvgIpc) is 2.53. The van der Waals surface area contributed by atoms with E-state index in [9.17, 15) is 0 Å². The highest BCUT2D eigenvalue weighted by molar-refractivity contribution is 6.29. The Balaban J connectivity index is 2.18. The molecule has 0 aliphatic heterocycles. The Hall–Kier alpha value is -2.21. The van der Waals surface area contributed by atoms with Gasteiger partial charge in [0.1, 0.15) is 17.5 Å². The number of hydrogen-bond acceptors (Lipinski definition) is 6. The number of benzene rings is 1. The van der Waals surface area contributed by atoms with Gasteiger partial charge in [0, 0.05) is 12.1 Å². The largest absolute Gasteiger partial charge is 0.493 e. The van der Waals surface area contributed by atoms with Crippen molar-refractivity contribution in [3.8, 4) is 23.0 Å². The van der Waals surface area contributed by atoms with Crippen LogP contribution in [0.4, 0.5) is 0 Å². The predicted octanol–water partition coefficient (Wildman–Crippen LogP) is 2.73. The van der Waals surface area contributed by atoms with E-state index in [1.165, 1.54) is 6.20 Å². The van der Waals surface area contributed by atoms with Crippen LogP contribution < -0.4 is 18.9 Å². The van der Waals surface area contributed by atoms with Gasteiger partial charge in [0.15, 0.2) is 11.5 Å². The van der Waals surface area contributed by atoms with Gasteiger partial charge in [-0.1, -0.05) is 11.6 Å². The van der Waals surface area contributed by atoms with Gasteiger partial charge in [0.25, 0.3) is 0 Å². The van der Waals surface area contributed by atoms with Crippen LogP contribution in [0.15, 0.2) is 24.5 Å². The molecule has 2 rings (SSSR count). The molecule has 0 fully saturated rings. The second-order valence-corrected chi connectivity index (χ2v) is 4.37. The number of halogens is 1. The molecule has 21 heavy (non-hydrogen) atoms. The highest BCUT2D eigenvalue weighted by Gasteiger charge is 2.14. The van der Waals surface area contributed by atoms with E-state index in [-0.39, 0.29) is 6.61 Å². The van der Waals surface area contributed by atoms with Gasteiger partial charge in [-0.05, 0) is 0 Å². The highest BCUT2D eigenvalue weighted by atomic mass is 35.5. The molecule has 0 bridgehead atoms. The second-order valence-electron chi connectivity index (χ2n) is 3.98. The molecule has 112 valence electrons. The summed E-state index contributed by atoms with van der Waals surface area (Å²) < 4.78 is 21.4. The molecule has 7 heteroatoms. The van der Waals surface area contributed by atoms with Gasteiger partial charge in [0.2, 0.25) is 5.75 Å². The fourth-order valence-electron chi connectivity index (χ4n) is 1.71. The van der Waals surface area contributed by atoms with Crippen molar-refractivity contribution in [1.82, 2.24) is 9.97 Å². The Bertz CT molecular complexity index is 579. The van der Waals surface area contributed by atoms with E-state index in [1.54, 1.807) is 39.7 Å². The lowest BCUT2D eigenvalue weighted by Gasteiger charge is -2.14. The first-order valence-corrected chi connectivity index (χ1v) is 6.45. The summed E-state index contributed by atoms with van der Waals surface area (Å²) in [6, 6.07) is 3.43. The van der Waals surface area contributed by atoms with Crippen LogP contribution in [0, 0.1) is 0 Å². The van der Waals surface area contributed by atoms with Crippen LogP contribution in [-0.2, 0) is 6.61 Å². The number of ether oxygens (including phenoxy) is 4. The van der Waals surface area contributed by atoms with Gasteiger partial charge in [-0.15, -0.1) is 0 Å². The van der Waals surface area contributed by atoms with Gasteiger partial charge in [0.05, 0.1) is 39.4 Å². The summed E-state index contributed by atoms with van der Waals surface area (Å²) in [6.07, 6.45) is 3.02. The van der Waals surface area contributed by atoms with Crippen LogP contribution in [0.3, 0.4) is 0 Å². The zero-order valence-electron chi connectivity index (χ0n) is 11.9. The minimum absolute atomic E-state index is 0.253. The third-order valence-electron chi connectivity index (χ3n) is 2.70. The number of nitrogens with zero attached hydrogens (tertiary/aromatic N) is 2. The summed E-state index contributed by atoms with van der Waals surface area (Å²) in [4.78, 5) is 8.05. The summed E-state index contributed by atoms with van der Waals surface area (Å²) in [7, 11) is 4.64. The Morgan fingerprint density at radius 2 is 1.62 bits per heavy atom. The van der Waals surface area contributed by atoms with Crippen LogP contribution in [0.1, 0.15) is 5.69 Å². The van der Waals surface area contributed by atoms with Crippen molar-refractivity contribution in [3.63, 3.8) is 0 Å². The first-order chi connectivity index (χ1) is 10.2. The van der Waals surface area contributed by atoms with Crippen molar-refractivity contribution in [3.05, 3.63) is 35.4 Å². The smallest absolute Gasteiger partial charge is 0.203 e. The minimum Gasteiger partial charge on any atom is -0.493 e. The Kier molecular flexibility index (Phi) is 5.05. The Morgan fingerprint density at radius 1 is 0.952 bits per heavy atom. The predicted molar refractivity (Wildman–Crippen MR) is 77.5 cm³/mol. The molecule has 0 aliphatic carbocycles. The van der Waals surface area contributed by atoms with Crippen LogP contribution in [0.5, 0.6) is 23.0 Å². The molecule has 0 N–H and O–H groups in total. The summed E-state index contributed by atoms with van der Waals surface area (Å²) in [5.74, 6) is 2.13. The summed E-state index contributed by atoms with van der Waals surface area (Å²) in [5, 5.41) is 0.339. The molecular formula is C14H15ClN2O4. The third-order valence-corrected chi connectivity index (χ3v) is 2.89. The quantitative estimate of drug-likeness (QED) is 0.817. The molecule has 0 amide bonds. The molecule has 1 aromatic carbocycles. The molecule has 0 spiro atoms. The number of hydrogen-bond donors (Lipinski definition) is 0. The van der Waals surface area contributed by atoms with E-state index in [4.69, 9.17) is 30.5 Å². The molecule has 0 aliphatic rings. The highest BCUT2D eigenvalue weighted by Crippen LogP contribution is 2.40. The lowest BCUT2D eigenvalue weighted by Crippen LogP contribution is -2.01. The van der Waals surface area contributed by atoms with Gasteiger partial charge in [-0.25, -0.2) is 4.98 Å². The zero-order valence-corrected chi connectivity index (χ0v) is 12.7. The van der Waals surface area contributed by atoms with Crippen LogP contribution in [0.25, 0.3) is 0 Å². The van der Waals surface area contributed by atoms with Crippen molar-refractivity contribution < 1.29 is 18.9 Å². The van der Waals surface area contributed by atoms with Gasteiger partial charge in [-0.3, -0.25) is 4.98 Å². The Labute approximate surface area is 127 Å². The van der Waals surface area contributed by atoms with E-state index in [2.05, 4.69) is 9.97 Å². The molecular weight excluding hydrogens is 296 g/mol. The molecule has 0 saturated heterocycles. The number of aromatic nitrogens is 2. The van der Waals surface area contributed by atoms with Crippen LogP contribution in [-0.4, -0.2) is 31.3 Å². The lowest BCUT2D eigenvalue weighted by molar-refractivity contribution is 0.287. The van der Waals surface area contributed by atoms with E-state index in [0.717, 1.165) is 0 Å². The summed E-state index contributed by atoms with van der Waals surface area (Å²) >= 11 is 5.68. The molecule has 0 unspecified atom stereocenters. The average molecular weight is 311 g/mol. The standard InChI is InChI=1S/C14H15ClN2O4/c1-18-11-4-10(5-12(19-2)14(11)20-3)21-8-9-6-17-13(15)7-16-9/h4-7H,8H2,1-3H3. The second kappa shape index (κ2) is 6.99. The molecule has 6 nitrogen and oxygen atoms in total. The van der Waals surface area contributed by atoms with E-state index in [0.29, 0.717) is 33.8 Å². The van der Waals surface area contributed by atoms with Crippen molar-refractivity contribution >= 4 is 11.6 Å². The fourth-order valence-corrected chi connectivity index (χ4v) is 1.81. The van der Waals surface area contributed by atoms with Crippen molar-refractivity contribution in [2.75, 3.05) is 21.3 Å². The maximum Gasteiger partial charge on any atom is 0.203 e. The number of rotatable bonds is 6. The molecule has 0 atom stereocenters. The minimum atomic E-state index is 0.253. The van der Waals surface area contributed by atoms with Gasteiger partial charge < -0.3 is 18.9 Å². The summed E-state index contributed by atoms with van der Waals surface area (Å²) in [5.41, 5.74) is 0.660.